The maximum Gasteiger partial charge on any atom is 0.122 e. The molecule has 2 N–H and O–H groups in total. The molecule has 0 aliphatic rings. The summed E-state index contributed by atoms with van der Waals surface area (Å²) < 4.78 is 10.7. The first-order chi connectivity index (χ1) is 9.07. The lowest BCUT2D eigenvalue weighted by Gasteiger charge is -2.33. The molecule has 0 saturated heterocycles. The van der Waals surface area contributed by atoms with Crippen LogP contribution in [0.5, 0.6) is 11.5 Å². The fourth-order valence-electron chi connectivity index (χ4n) is 2.43. The van der Waals surface area contributed by atoms with Gasteiger partial charge in [-0.3, -0.25) is 4.90 Å². The van der Waals surface area contributed by atoms with Crippen LogP contribution in [0.3, 0.4) is 0 Å². The zero-order valence-corrected chi connectivity index (χ0v) is 12.6. The van der Waals surface area contributed by atoms with Gasteiger partial charge in [-0.2, -0.15) is 0 Å². The lowest BCUT2D eigenvalue weighted by molar-refractivity contribution is 0.166. The van der Waals surface area contributed by atoms with Crippen molar-refractivity contribution in [3.63, 3.8) is 0 Å². The van der Waals surface area contributed by atoms with Crippen LogP contribution in [0.25, 0.3) is 0 Å². The molecular weight excluding hydrogens is 240 g/mol. The summed E-state index contributed by atoms with van der Waals surface area (Å²) >= 11 is 0. The van der Waals surface area contributed by atoms with Crippen LogP contribution < -0.4 is 15.2 Å². The molecule has 0 radical (unpaired) electrons. The third-order valence-corrected chi connectivity index (χ3v) is 3.41. The van der Waals surface area contributed by atoms with E-state index < -0.39 is 0 Å². The third-order valence-electron chi connectivity index (χ3n) is 3.41. The van der Waals surface area contributed by atoms with E-state index in [9.17, 15) is 0 Å². The van der Waals surface area contributed by atoms with Gasteiger partial charge in [-0.25, -0.2) is 0 Å². The number of nitrogens with two attached hydrogens (primary N) is 1. The van der Waals surface area contributed by atoms with E-state index in [2.05, 4.69) is 25.7 Å². The van der Waals surface area contributed by atoms with Crippen LogP contribution in [0, 0.1) is 0 Å². The van der Waals surface area contributed by atoms with E-state index in [1.54, 1.807) is 14.2 Å². The number of benzene rings is 1. The Bertz CT molecular complexity index is 371. The van der Waals surface area contributed by atoms with Crippen molar-refractivity contribution in [1.29, 1.82) is 0 Å². The van der Waals surface area contributed by atoms with Crippen LogP contribution in [-0.2, 0) is 0 Å². The third kappa shape index (κ3) is 3.85. The van der Waals surface area contributed by atoms with E-state index in [4.69, 9.17) is 15.2 Å². The number of hydrogen-bond acceptors (Lipinski definition) is 4. The number of methoxy groups -OCH3 is 2. The summed E-state index contributed by atoms with van der Waals surface area (Å²) in [6, 6.07) is 6.56. The Balaban J connectivity index is 3.16. The van der Waals surface area contributed by atoms with Gasteiger partial charge in [0.1, 0.15) is 11.5 Å². The minimum atomic E-state index is 0.175. The average Bonchev–Trinajstić information content (AvgIpc) is 2.43. The maximum atomic E-state index is 5.98. The van der Waals surface area contributed by atoms with Crippen molar-refractivity contribution >= 4 is 0 Å². The molecule has 108 valence electrons. The summed E-state index contributed by atoms with van der Waals surface area (Å²) in [5, 5.41) is 0. The van der Waals surface area contributed by atoms with Crippen LogP contribution >= 0.6 is 0 Å². The Morgan fingerprint density at radius 2 is 1.63 bits per heavy atom. The van der Waals surface area contributed by atoms with Crippen molar-refractivity contribution < 1.29 is 9.47 Å². The van der Waals surface area contributed by atoms with Crippen molar-refractivity contribution in [1.82, 2.24) is 4.90 Å². The molecule has 0 amide bonds. The van der Waals surface area contributed by atoms with Gasteiger partial charge in [0.05, 0.1) is 14.2 Å². The molecule has 0 aromatic heterocycles. The van der Waals surface area contributed by atoms with Crippen LogP contribution in [0.15, 0.2) is 18.2 Å². The zero-order chi connectivity index (χ0) is 14.4. The van der Waals surface area contributed by atoms with E-state index in [-0.39, 0.29) is 6.04 Å². The lowest BCUT2D eigenvalue weighted by Crippen LogP contribution is -2.38. The van der Waals surface area contributed by atoms with Crippen LogP contribution in [-0.4, -0.2) is 38.3 Å². The molecule has 1 aromatic carbocycles. The van der Waals surface area contributed by atoms with Crippen LogP contribution in [0.1, 0.15) is 32.4 Å². The number of ether oxygens (including phenoxy) is 2. The Morgan fingerprint density at radius 3 is 1.95 bits per heavy atom. The number of likely N-dealkylation sites (N-methyl/N-ethyl adjacent to an activating group) is 1. The van der Waals surface area contributed by atoms with Crippen LogP contribution in [0.2, 0.25) is 0 Å². The highest BCUT2D eigenvalue weighted by Crippen LogP contribution is 2.29. The molecule has 0 bridgehead atoms. The molecule has 1 aromatic rings. The Labute approximate surface area is 116 Å². The van der Waals surface area contributed by atoms with Crippen molar-refractivity contribution in [2.24, 2.45) is 5.73 Å². The first kappa shape index (κ1) is 15.8. The van der Waals surface area contributed by atoms with E-state index in [1.807, 2.05) is 18.2 Å². The minimum absolute atomic E-state index is 0.175. The second kappa shape index (κ2) is 7.36. The van der Waals surface area contributed by atoms with Crippen molar-refractivity contribution in [3.05, 3.63) is 23.8 Å². The Hall–Kier alpha value is -1.26. The quantitative estimate of drug-likeness (QED) is 0.823. The molecule has 1 rings (SSSR count). The summed E-state index contributed by atoms with van der Waals surface area (Å²) in [5.41, 5.74) is 7.11. The van der Waals surface area contributed by atoms with Gasteiger partial charge in [0.25, 0.3) is 0 Å². The van der Waals surface area contributed by atoms with Gasteiger partial charge < -0.3 is 15.2 Å². The van der Waals surface area contributed by atoms with Gasteiger partial charge in [0, 0.05) is 24.7 Å². The second-order valence-electron chi connectivity index (χ2n) is 4.82. The van der Waals surface area contributed by atoms with E-state index in [0.29, 0.717) is 12.6 Å². The number of nitrogens with zero attached hydrogens (tertiary/aromatic N) is 1. The molecule has 0 saturated carbocycles. The standard InChI is InChI=1S/C15H26N2O2/c1-6-17(11(2)3)15(10-16)12-7-13(18-4)9-14(8-12)19-5/h7-9,11,15H,6,10,16H2,1-5H3. The van der Waals surface area contributed by atoms with Gasteiger partial charge in [0.2, 0.25) is 0 Å². The largest absolute Gasteiger partial charge is 0.497 e. The number of rotatable bonds is 7. The van der Waals surface area contributed by atoms with E-state index >= 15 is 0 Å². The minimum Gasteiger partial charge on any atom is -0.497 e. The maximum absolute atomic E-state index is 5.98. The summed E-state index contributed by atoms with van der Waals surface area (Å²) in [6.07, 6.45) is 0. The molecule has 0 spiro atoms. The highest BCUT2D eigenvalue weighted by Gasteiger charge is 2.21. The monoisotopic (exact) mass is 266 g/mol. The summed E-state index contributed by atoms with van der Waals surface area (Å²) in [4.78, 5) is 2.37. The molecule has 1 atom stereocenters. The molecule has 4 heteroatoms. The highest BCUT2D eigenvalue weighted by molar-refractivity contribution is 5.40. The molecule has 0 aliphatic heterocycles. The zero-order valence-electron chi connectivity index (χ0n) is 12.6. The van der Waals surface area contributed by atoms with Crippen LogP contribution in [0.4, 0.5) is 0 Å². The SMILES string of the molecule is CCN(C(C)C)C(CN)c1cc(OC)cc(OC)c1. The van der Waals surface area contributed by atoms with Gasteiger partial charge in [-0.05, 0) is 38.1 Å². The molecule has 0 fully saturated rings. The molecule has 0 aliphatic carbocycles. The average molecular weight is 266 g/mol. The lowest BCUT2D eigenvalue weighted by atomic mass is 10.0. The van der Waals surface area contributed by atoms with Gasteiger partial charge in [-0.15, -0.1) is 0 Å². The van der Waals surface area contributed by atoms with Crippen molar-refractivity contribution in [2.45, 2.75) is 32.9 Å². The molecule has 0 heterocycles. The summed E-state index contributed by atoms with van der Waals surface area (Å²) in [5.74, 6) is 1.60. The van der Waals surface area contributed by atoms with E-state index in [0.717, 1.165) is 23.6 Å². The summed E-state index contributed by atoms with van der Waals surface area (Å²) in [6.45, 7) is 8.05. The molecular formula is C15H26N2O2. The predicted octanol–water partition coefficient (Wildman–Crippen LogP) is 2.43. The van der Waals surface area contributed by atoms with Gasteiger partial charge in [-0.1, -0.05) is 6.92 Å². The first-order valence-electron chi connectivity index (χ1n) is 6.76. The fourth-order valence-corrected chi connectivity index (χ4v) is 2.43. The smallest absolute Gasteiger partial charge is 0.122 e. The van der Waals surface area contributed by atoms with Gasteiger partial charge >= 0.3 is 0 Å². The topological polar surface area (TPSA) is 47.7 Å². The highest BCUT2D eigenvalue weighted by atomic mass is 16.5. The van der Waals surface area contributed by atoms with E-state index in [1.165, 1.54) is 0 Å². The van der Waals surface area contributed by atoms with Crippen molar-refractivity contribution in [2.75, 3.05) is 27.3 Å². The van der Waals surface area contributed by atoms with Crippen molar-refractivity contribution in [3.8, 4) is 11.5 Å². The normalized spacial score (nSPS) is 12.8. The molecule has 1 unspecified atom stereocenters. The first-order valence-corrected chi connectivity index (χ1v) is 6.76. The predicted molar refractivity (Wildman–Crippen MR) is 78.9 cm³/mol. The molecule has 4 nitrogen and oxygen atoms in total. The second-order valence-corrected chi connectivity index (χ2v) is 4.82. The summed E-state index contributed by atoms with van der Waals surface area (Å²) in [7, 11) is 3.33. The fraction of sp³-hybridized carbons (Fsp3) is 0.600. The van der Waals surface area contributed by atoms with Gasteiger partial charge in [0.15, 0.2) is 0 Å². The molecule has 19 heavy (non-hydrogen) atoms. The number of hydrogen-bond donors (Lipinski definition) is 1. The Kier molecular flexibility index (Phi) is 6.12. The Morgan fingerprint density at radius 1 is 1.11 bits per heavy atom.